The summed E-state index contributed by atoms with van der Waals surface area (Å²) in [6.45, 7) is -4.79. The summed E-state index contributed by atoms with van der Waals surface area (Å²) in [5, 5.41) is 0. The zero-order valence-electron chi connectivity index (χ0n) is 39.7. The first-order chi connectivity index (χ1) is 35.1. The van der Waals surface area contributed by atoms with Crippen molar-refractivity contribution in [3.8, 4) is 46.0 Å². The van der Waals surface area contributed by atoms with Crippen molar-refractivity contribution in [3.05, 3.63) is 95.1 Å². The first-order valence-electron chi connectivity index (χ1n) is 20.2. The lowest BCUT2D eigenvalue weighted by Crippen LogP contribution is -2.44. The fourth-order valence-electron chi connectivity index (χ4n) is 5.53. The van der Waals surface area contributed by atoms with E-state index in [1.807, 2.05) is 0 Å². The number of carbonyl (C=O) groups excluding carboxylic acids is 8. The van der Waals surface area contributed by atoms with E-state index in [9.17, 15) is 38.4 Å². The maximum atomic E-state index is 12.9. The first kappa shape index (κ1) is 55.8. The van der Waals surface area contributed by atoms with Crippen LogP contribution in [0.1, 0.15) is 41.4 Å². The Morgan fingerprint density at radius 1 is 0.288 bits per heavy atom. The van der Waals surface area contributed by atoms with Crippen molar-refractivity contribution < 1.29 is 134 Å². The molecule has 392 valence electrons. The van der Waals surface area contributed by atoms with Gasteiger partial charge in [0.15, 0.2) is 46.0 Å². The van der Waals surface area contributed by atoms with Crippen LogP contribution in [0.4, 0.5) is 19.2 Å². The highest BCUT2D eigenvalue weighted by Gasteiger charge is 2.40. The summed E-state index contributed by atoms with van der Waals surface area (Å²) in [5.74, 6) is -3.65. The Morgan fingerprint density at radius 3 is 0.658 bits per heavy atom. The summed E-state index contributed by atoms with van der Waals surface area (Å²) in [4.78, 5) is 139. The lowest BCUT2D eigenvalue weighted by atomic mass is 9.92. The summed E-state index contributed by atoms with van der Waals surface area (Å²) in [6.07, 6.45) is -7.16. The molecule has 0 unspecified atom stereocenters. The van der Waals surface area contributed by atoms with E-state index in [2.05, 4.69) is 39.1 Å². The Labute approximate surface area is 412 Å². The molecule has 4 aromatic carbocycles. The van der Waals surface area contributed by atoms with Crippen LogP contribution in [0.3, 0.4) is 0 Å². The van der Waals surface area contributed by atoms with Crippen molar-refractivity contribution in [2.45, 2.75) is 0 Å². The molecule has 28 heteroatoms. The van der Waals surface area contributed by atoms with Crippen molar-refractivity contribution in [2.75, 3.05) is 83.3 Å². The summed E-state index contributed by atoms with van der Waals surface area (Å²) in [7, 11) is 10.5. The molecule has 0 aromatic heterocycles. The molecule has 4 aromatic rings. The van der Waals surface area contributed by atoms with Crippen molar-refractivity contribution in [1.29, 1.82) is 0 Å². The van der Waals surface area contributed by atoms with E-state index in [0.29, 0.717) is 0 Å². The molecule has 0 bridgehead atoms. The zero-order valence-corrected chi connectivity index (χ0v) is 39.7. The Bertz CT molecular complexity index is 2250. The van der Waals surface area contributed by atoms with Crippen molar-refractivity contribution in [2.24, 2.45) is 5.41 Å². The van der Waals surface area contributed by atoms with Crippen LogP contribution in [-0.2, 0) is 58.0 Å². The molecule has 0 N–H and O–H groups in total. The summed E-state index contributed by atoms with van der Waals surface area (Å²) >= 11 is 0. The number of hydrogen-bond donors (Lipinski definition) is 0. The van der Waals surface area contributed by atoms with Crippen LogP contribution >= 0.6 is 0 Å². The fraction of sp³-hybridized carbons (Fsp3) is 0.289. The molecule has 0 aliphatic rings. The van der Waals surface area contributed by atoms with Gasteiger partial charge in [0.2, 0.25) is 0 Å². The van der Waals surface area contributed by atoms with Gasteiger partial charge in [-0.25, -0.2) is 58.3 Å². The Morgan fingerprint density at radius 2 is 0.479 bits per heavy atom. The molecular weight excluding hydrogens is 988 g/mol. The van der Waals surface area contributed by atoms with Gasteiger partial charge >= 0.3 is 48.5 Å². The minimum absolute atomic E-state index is 0.0991. The van der Waals surface area contributed by atoms with Crippen molar-refractivity contribution >= 4 is 48.5 Å². The van der Waals surface area contributed by atoms with Gasteiger partial charge in [-0.2, -0.15) is 19.2 Å². The predicted molar refractivity (Wildman–Crippen MR) is 232 cm³/mol. The van der Waals surface area contributed by atoms with Gasteiger partial charge in [0.05, 0.1) is 79.1 Å². The van der Waals surface area contributed by atoms with Gasteiger partial charge in [-0.05, 0) is 72.8 Å². The summed E-state index contributed by atoms with van der Waals surface area (Å²) in [5.41, 5.74) is -3.16. The molecule has 0 aliphatic heterocycles. The molecule has 0 fully saturated rings. The lowest BCUT2D eigenvalue weighted by Gasteiger charge is -2.30. The Balaban J connectivity index is 1.56. The second-order valence-electron chi connectivity index (χ2n) is 13.8. The van der Waals surface area contributed by atoms with Gasteiger partial charge in [-0.15, -0.1) is 0 Å². The van der Waals surface area contributed by atoms with Gasteiger partial charge in [-0.1, -0.05) is 0 Å². The molecule has 0 aliphatic carbocycles. The van der Waals surface area contributed by atoms with E-state index in [-0.39, 0.29) is 68.2 Å². The largest absolute Gasteiger partial charge is 0.549 e. The third kappa shape index (κ3) is 16.2. The molecule has 0 amide bonds. The minimum Gasteiger partial charge on any atom is -0.493 e. The number of ether oxygens (including phenoxy) is 12. The highest BCUT2D eigenvalue weighted by atomic mass is 17.3. The number of benzene rings is 4. The average Bonchev–Trinajstić information content (AvgIpc) is 3.42. The van der Waals surface area contributed by atoms with Crippen molar-refractivity contribution in [3.63, 3.8) is 0 Å². The number of rotatable bonds is 20. The predicted octanol–water partition coefficient (Wildman–Crippen LogP) is 5.74. The van der Waals surface area contributed by atoms with Gasteiger partial charge < -0.3 is 56.8 Å². The normalized spacial score (nSPS) is 10.3. The molecule has 28 nitrogen and oxygen atoms in total. The van der Waals surface area contributed by atoms with E-state index in [1.165, 1.54) is 130 Å². The smallest absolute Gasteiger partial charge is 0.493 e. The molecule has 0 saturated heterocycles. The second kappa shape index (κ2) is 27.4. The van der Waals surface area contributed by atoms with Crippen LogP contribution in [0.5, 0.6) is 46.0 Å². The molecule has 73 heavy (non-hydrogen) atoms. The fourth-order valence-corrected chi connectivity index (χ4v) is 5.53. The van der Waals surface area contributed by atoms with Crippen LogP contribution < -0.4 is 37.9 Å². The molecule has 0 saturated carbocycles. The lowest BCUT2D eigenvalue weighted by molar-refractivity contribution is -0.223. The molecule has 0 radical (unpaired) electrons. The molecular formula is C45H44O28. The number of carbonyl (C=O) groups is 8. The van der Waals surface area contributed by atoms with E-state index in [4.69, 9.17) is 56.8 Å². The van der Waals surface area contributed by atoms with Gasteiger partial charge in [0, 0.05) is 0 Å². The average molecular weight is 1030 g/mol. The Hall–Kier alpha value is -9.76. The molecule has 4 rings (SSSR count). The van der Waals surface area contributed by atoms with E-state index >= 15 is 0 Å². The third-order valence-corrected chi connectivity index (χ3v) is 9.20. The molecule has 0 spiro atoms. The highest BCUT2D eigenvalue weighted by molar-refractivity contribution is 5.92. The third-order valence-electron chi connectivity index (χ3n) is 9.20. The maximum absolute atomic E-state index is 12.9. The van der Waals surface area contributed by atoms with Gasteiger partial charge in [0.25, 0.3) is 0 Å². The highest BCUT2D eigenvalue weighted by Crippen LogP contribution is 2.31. The molecule has 0 heterocycles. The number of hydrogen-bond acceptors (Lipinski definition) is 28. The zero-order chi connectivity index (χ0) is 53.5. The summed E-state index contributed by atoms with van der Waals surface area (Å²) < 4.78 is 61.3. The topological polar surface area (TPSA) is 321 Å². The van der Waals surface area contributed by atoms with Crippen LogP contribution in [-0.4, -0.2) is 132 Å². The van der Waals surface area contributed by atoms with Crippen LogP contribution in [0, 0.1) is 5.41 Å². The quantitative estimate of drug-likeness (QED) is 0.0440. The van der Waals surface area contributed by atoms with Crippen LogP contribution in [0.15, 0.2) is 72.8 Å². The van der Waals surface area contributed by atoms with Crippen LogP contribution in [0.2, 0.25) is 0 Å². The minimum atomic E-state index is -2.36. The van der Waals surface area contributed by atoms with E-state index in [1.54, 1.807) is 0 Å². The SMILES string of the molecule is COc1ccc(C(=O)OOC(=O)OCC(COC(=O)OOC(=O)c2ccc(OC)c(OC)c2)(COC(=O)OOC(=O)c2ccc(OC)c(OC)c2)COC(=O)OOC(=O)c2ccc(OC)c(OC)c2)cc1OC. The van der Waals surface area contributed by atoms with Crippen LogP contribution in [0.25, 0.3) is 0 Å². The number of methoxy groups -OCH3 is 8. The monoisotopic (exact) mass is 1030 g/mol. The molecule has 0 atom stereocenters. The van der Waals surface area contributed by atoms with E-state index < -0.39 is 80.3 Å². The second-order valence-corrected chi connectivity index (χ2v) is 13.8. The first-order valence-corrected chi connectivity index (χ1v) is 20.2. The maximum Gasteiger partial charge on any atom is 0.549 e. The van der Waals surface area contributed by atoms with Gasteiger partial charge in [-0.3, -0.25) is 0 Å². The standard InChI is InChI=1S/C45H44O28/c1-54-29-13-9-25(17-33(29)58-5)37(46)66-70-41(50)62-21-45(22-63-42(51)71-67-38(47)26-10-14-30(55-2)34(18-26)59-6,23-64-43(52)72-68-39(48)27-11-15-31(56-3)35(19-27)60-7)24-65-44(53)73-69-40(49)28-12-16-32(57-4)36(20-28)61-8/h9-20H,21-24H2,1-8H3. The van der Waals surface area contributed by atoms with E-state index in [0.717, 1.165) is 0 Å². The Kier molecular flexibility index (Phi) is 21.0. The summed E-state index contributed by atoms with van der Waals surface area (Å²) in [6, 6.07) is 15.0. The van der Waals surface area contributed by atoms with Gasteiger partial charge in [0.1, 0.15) is 31.8 Å². The van der Waals surface area contributed by atoms with Crippen molar-refractivity contribution in [1.82, 2.24) is 0 Å².